The second-order valence-electron chi connectivity index (χ2n) is 5.13. The molecule has 160 valence electrons. The van der Waals surface area contributed by atoms with Crippen molar-refractivity contribution < 1.29 is 22.4 Å². The van der Waals surface area contributed by atoms with Gasteiger partial charge in [0, 0.05) is 0 Å². The fraction of sp³-hybridized carbons (Fsp3) is 0. The van der Waals surface area contributed by atoms with Gasteiger partial charge in [0.15, 0.2) is 0 Å². The van der Waals surface area contributed by atoms with Crippen LogP contribution in [-0.4, -0.2) is 12.6 Å². The van der Waals surface area contributed by atoms with Crippen molar-refractivity contribution in [3.05, 3.63) is 108 Å². The standard InChI is InChI=1S/2C7H6S3.C7H6S2.O.Tc/c2*8-7(10-9)6-4-2-1-3-5-6;8-7(9)6-4-2-1-3-5-6;;/h2*1-5,9H;1-5H,(H,8,9);;/q;;;;+3/p-3/i;;;;1+1. The van der Waals surface area contributed by atoms with Crippen molar-refractivity contribution in [1.82, 2.24) is 0 Å². The Labute approximate surface area is 234 Å². The molecule has 0 N–H and O–H groups in total. The monoisotopic (exact) mass is 638 g/mol. The molecular weight excluding hydrogens is 624 g/mol. The van der Waals surface area contributed by atoms with Crippen LogP contribution in [0.1, 0.15) is 16.7 Å². The van der Waals surface area contributed by atoms with E-state index in [-0.39, 0.29) is 0 Å². The molecule has 10 heteroatoms. The van der Waals surface area contributed by atoms with Gasteiger partial charge in [0.05, 0.1) is 8.39 Å². The molecule has 3 aromatic carbocycles. The fourth-order valence-electron chi connectivity index (χ4n) is 1.82. The molecule has 0 heterocycles. The number of hydrogen-bond donors (Lipinski definition) is 0. The number of benzene rings is 3. The van der Waals surface area contributed by atoms with E-state index < -0.39 is 0 Å². The Kier molecular flexibility index (Phi) is 20.6. The van der Waals surface area contributed by atoms with Gasteiger partial charge in [-0.1, -0.05) is 115 Å². The molecule has 3 rings (SSSR count). The first-order valence-corrected chi connectivity index (χ1v) is 14.1. The Balaban J connectivity index is 0.000000419. The van der Waals surface area contributed by atoms with E-state index in [1.807, 2.05) is 91.0 Å². The van der Waals surface area contributed by atoms with E-state index in [0.717, 1.165) is 43.9 Å². The Morgan fingerprint density at radius 2 is 0.839 bits per heavy atom. The van der Waals surface area contributed by atoms with Gasteiger partial charge in [-0.3, -0.25) is 21.6 Å². The number of rotatable bonds is 3. The average Bonchev–Trinajstić information content (AvgIpc) is 2.86. The number of thiocarbonyl (C=S) groups is 3. The van der Waals surface area contributed by atoms with Crippen molar-refractivity contribution >= 4 is 107 Å². The van der Waals surface area contributed by atoms with E-state index in [1.54, 1.807) is 0 Å². The minimum atomic E-state index is 0.538. The van der Waals surface area contributed by atoms with Gasteiger partial charge in [0.1, 0.15) is 0 Å². The van der Waals surface area contributed by atoms with Crippen molar-refractivity contribution in [2.75, 3.05) is 0 Å². The summed E-state index contributed by atoms with van der Waals surface area (Å²) in [5.41, 5.74) is 3.04. The SMILES string of the molecule is S=C(S[S-])c1ccccc1.S=C(S[S-])c1ccccc1.S=C([S-])c1ccccc1.[O]=[99Tc+3]. The van der Waals surface area contributed by atoms with E-state index in [4.69, 9.17) is 76.1 Å². The van der Waals surface area contributed by atoms with Crippen LogP contribution in [0.25, 0.3) is 0 Å². The van der Waals surface area contributed by atoms with Crippen LogP contribution >= 0.6 is 58.2 Å². The summed E-state index contributed by atoms with van der Waals surface area (Å²) in [5, 5.41) is 0. The molecule has 0 aliphatic rings. The van der Waals surface area contributed by atoms with E-state index in [9.17, 15) is 0 Å². The number of hydrogen-bond acceptors (Lipinski definition) is 9. The average molecular weight is 639 g/mol. The van der Waals surface area contributed by atoms with Crippen LogP contribution < -0.4 is 0 Å². The molecule has 0 saturated carbocycles. The maximum atomic E-state index is 8.22. The molecule has 0 saturated heterocycles. The summed E-state index contributed by atoms with van der Waals surface area (Å²) in [5.74, 6) is 0. The van der Waals surface area contributed by atoms with Gasteiger partial charge >= 0.3 is 22.4 Å². The van der Waals surface area contributed by atoms with Crippen LogP contribution in [0.4, 0.5) is 0 Å². The molecule has 0 aliphatic heterocycles. The van der Waals surface area contributed by atoms with Gasteiger partial charge in [0.2, 0.25) is 0 Å². The zero-order chi connectivity index (χ0) is 23.5. The molecule has 3 aromatic rings. The van der Waals surface area contributed by atoms with Crippen LogP contribution in [-0.2, 0) is 58.3 Å². The van der Waals surface area contributed by atoms with Crippen LogP contribution in [0.5, 0.6) is 0 Å². The molecule has 0 atom stereocenters. The Hall–Kier alpha value is -0.000649. The van der Waals surface area contributed by atoms with Crippen molar-refractivity contribution in [3.8, 4) is 0 Å². The van der Waals surface area contributed by atoms with Gasteiger partial charge in [-0.25, -0.2) is 0 Å². The summed E-state index contributed by atoms with van der Waals surface area (Å²) in [6.07, 6.45) is 0. The zero-order valence-electron chi connectivity index (χ0n) is 15.7. The third-order valence-electron chi connectivity index (χ3n) is 3.18. The second-order valence-corrected chi connectivity index (χ2v) is 9.69. The molecule has 0 aliphatic carbocycles. The first kappa shape index (κ1) is 31.0. The summed E-state index contributed by atoms with van der Waals surface area (Å²) in [6.45, 7) is 0. The molecule has 0 spiro atoms. The third-order valence-corrected chi connectivity index (χ3v) is 7.03. The Morgan fingerprint density at radius 3 is 1.03 bits per heavy atom. The topological polar surface area (TPSA) is 17.1 Å². The van der Waals surface area contributed by atoms with E-state index in [2.05, 4.69) is 0 Å². The summed E-state index contributed by atoms with van der Waals surface area (Å²) in [7, 11) is 2.39. The van der Waals surface area contributed by atoms with Gasteiger partial charge in [-0.05, 0) is 16.7 Å². The van der Waals surface area contributed by atoms with Crippen LogP contribution in [0.15, 0.2) is 91.0 Å². The van der Waals surface area contributed by atoms with Gasteiger partial charge in [0.25, 0.3) is 0 Å². The molecule has 1 nitrogen and oxygen atoms in total. The summed E-state index contributed by atoms with van der Waals surface area (Å²) in [6, 6.07) is 29.2. The molecule has 0 bridgehead atoms. The predicted octanol–water partition coefficient (Wildman–Crippen LogP) is 6.90. The molecule has 0 aromatic heterocycles. The summed E-state index contributed by atoms with van der Waals surface area (Å²) >= 11 is 29.9. The molecule has 0 unspecified atom stereocenters. The Bertz CT molecular complexity index is 857. The van der Waals surface area contributed by atoms with E-state index >= 15 is 0 Å². The summed E-state index contributed by atoms with van der Waals surface area (Å²) < 4.78 is 10.3. The Morgan fingerprint density at radius 1 is 0.581 bits per heavy atom. The van der Waals surface area contributed by atoms with Gasteiger partial charge in [-0.15, -0.1) is 4.20 Å². The van der Waals surface area contributed by atoms with Crippen LogP contribution in [0, 0.1) is 0 Å². The maximum absolute atomic E-state index is 8.22. The molecule has 0 amide bonds. The zero-order valence-corrected chi connectivity index (χ0v) is 24.1. The minimum absolute atomic E-state index is 0.538. The molecular formula is C21H15OS8Tc. The molecule has 0 radical (unpaired) electrons. The van der Waals surface area contributed by atoms with Crippen molar-refractivity contribution in [2.45, 2.75) is 0 Å². The second kappa shape index (κ2) is 20.6. The van der Waals surface area contributed by atoms with E-state index in [1.165, 1.54) is 21.6 Å². The fourth-order valence-corrected chi connectivity index (χ4v) is 3.41. The summed E-state index contributed by atoms with van der Waals surface area (Å²) in [4.78, 5) is 0. The normalized spacial score (nSPS) is 8.68. The van der Waals surface area contributed by atoms with Gasteiger partial charge < -0.3 is 48.2 Å². The first-order valence-electron chi connectivity index (χ1n) is 8.19. The van der Waals surface area contributed by atoms with Crippen molar-refractivity contribution in [2.24, 2.45) is 0 Å². The predicted molar refractivity (Wildman–Crippen MR) is 152 cm³/mol. The van der Waals surface area contributed by atoms with E-state index in [0.29, 0.717) is 4.20 Å². The molecule has 31 heavy (non-hydrogen) atoms. The van der Waals surface area contributed by atoms with Crippen LogP contribution in [0.2, 0.25) is 0 Å². The van der Waals surface area contributed by atoms with Crippen LogP contribution in [0.3, 0.4) is 0 Å². The quantitative estimate of drug-likeness (QED) is 0.172. The third kappa shape index (κ3) is 14.7. The first-order chi connectivity index (χ1) is 15.0. The molecule has 0 fully saturated rings. The van der Waals surface area contributed by atoms with Gasteiger partial charge in [-0.2, -0.15) is 0 Å². The van der Waals surface area contributed by atoms with Crippen molar-refractivity contribution in [3.63, 3.8) is 0 Å². The van der Waals surface area contributed by atoms with Crippen molar-refractivity contribution in [1.29, 1.82) is 0 Å².